The van der Waals surface area contributed by atoms with E-state index in [9.17, 15) is 0 Å². The molecule has 0 aromatic carbocycles. The Labute approximate surface area is 95.5 Å². The standard InChI is InChI=1S/C13H28NO/c1-5-9-14(8-4,10-6-2)11-13-15-12-7-3/h7,12H,5-6,8-11,13H2,1-4H3/q+1/b12-7+. The topological polar surface area (TPSA) is 9.23 Å². The van der Waals surface area contributed by atoms with Gasteiger partial charge in [-0.05, 0) is 26.7 Å². The van der Waals surface area contributed by atoms with Crippen molar-refractivity contribution in [3.05, 3.63) is 12.3 Å². The van der Waals surface area contributed by atoms with E-state index in [1.807, 2.05) is 13.0 Å². The van der Waals surface area contributed by atoms with Crippen molar-refractivity contribution in [2.75, 3.05) is 32.8 Å². The van der Waals surface area contributed by atoms with E-state index in [1.54, 1.807) is 6.26 Å². The molecule has 0 spiro atoms. The zero-order valence-electron chi connectivity index (χ0n) is 11.0. The molecule has 0 amide bonds. The number of rotatable bonds is 9. The van der Waals surface area contributed by atoms with Crippen LogP contribution in [0.15, 0.2) is 12.3 Å². The number of quaternary nitrogens is 1. The Hall–Kier alpha value is -0.500. The van der Waals surface area contributed by atoms with Crippen molar-refractivity contribution in [1.82, 2.24) is 0 Å². The van der Waals surface area contributed by atoms with Crippen LogP contribution in [0, 0.1) is 0 Å². The van der Waals surface area contributed by atoms with Gasteiger partial charge in [0.05, 0.1) is 25.9 Å². The summed E-state index contributed by atoms with van der Waals surface area (Å²) >= 11 is 0. The molecule has 0 aromatic heterocycles. The van der Waals surface area contributed by atoms with Gasteiger partial charge in [0, 0.05) is 0 Å². The lowest BCUT2D eigenvalue weighted by atomic mass is 10.2. The van der Waals surface area contributed by atoms with Gasteiger partial charge in [0.2, 0.25) is 0 Å². The fraction of sp³-hybridized carbons (Fsp3) is 0.846. The molecular weight excluding hydrogens is 186 g/mol. The molecule has 0 aliphatic carbocycles. The molecule has 0 saturated heterocycles. The van der Waals surface area contributed by atoms with Crippen LogP contribution in [0.3, 0.4) is 0 Å². The fourth-order valence-corrected chi connectivity index (χ4v) is 2.17. The summed E-state index contributed by atoms with van der Waals surface area (Å²) in [5.74, 6) is 0. The van der Waals surface area contributed by atoms with Gasteiger partial charge >= 0.3 is 0 Å². The minimum Gasteiger partial charge on any atom is -0.496 e. The van der Waals surface area contributed by atoms with Crippen molar-refractivity contribution < 1.29 is 9.22 Å². The second kappa shape index (κ2) is 8.78. The number of allylic oxidation sites excluding steroid dienone is 1. The number of ether oxygens (including phenoxy) is 1. The van der Waals surface area contributed by atoms with Crippen LogP contribution >= 0.6 is 0 Å². The van der Waals surface area contributed by atoms with Crippen LogP contribution in [0.25, 0.3) is 0 Å². The molecular formula is C13H28NO+. The summed E-state index contributed by atoms with van der Waals surface area (Å²) in [4.78, 5) is 0. The first-order valence-corrected chi connectivity index (χ1v) is 6.32. The van der Waals surface area contributed by atoms with Crippen molar-refractivity contribution in [2.45, 2.75) is 40.5 Å². The van der Waals surface area contributed by atoms with Crippen molar-refractivity contribution in [1.29, 1.82) is 0 Å². The van der Waals surface area contributed by atoms with E-state index in [2.05, 4.69) is 20.8 Å². The van der Waals surface area contributed by atoms with Crippen LogP contribution < -0.4 is 0 Å². The Morgan fingerprint density at radius 2 is 1.60 bits per heavy atom. The smallest absolute Gasteiger partial charge is 0.136 e. The molecule has 15 heavy (non-hydrogen) atoms. The average molecular weight is 214 g/mol. The molecule has 0 atom stereocenters. The number of hydrogen-bond donors (Lipinski definition) is 0. The maximum Gasteiger partial charge on any atom is 0.136 e. The number of hydrogen-bond acceptors (Lipinski definition) is 1. The third-order valence-corrected chi connectivity index (χ3v) is 2.98. The van der Waals surface area contributed by atoms with Gasteiger partial charge in [-0.15, -0.1) is 0 Å². The zero-order valence-corrected chi connectivity index (χ0v) is 11.0. The highest BCUT2D eigenvalue weighted by atomic mass is 16.5. The van der Waals surface area contributed by atoms with E-state index < -0.39 is 0 Å². The van der Waals surface area contributed by atoms with Crippen LogP contribution in [0.2, 0.25) is 0 Å². The van der Waals surface area contributed by atoms with Crippen molar-refractivity contribution in [2.24, 2.45) is 0 Å². The van der Waals surface area contributed by atoms with Gasteiger partial charge in [0.25, 0.3) is 0 Å². The Morgan fingerprint density at radius 1 is 1.00 bits per heavy atom. The molecule has 0 unspecified atom stereocenters. The van der Waals surface area contributed by atoms with E-state index >= 15 is 0 Å². The maximum absolute atomic E-state index is 5.44. The second-order valence-electron chi connectivity index (χ2n) is 4.17. The number of likely N-dealkylation sites (N-methyl/N-ethyl adjacent to an activating group) is 1. The van der Waals surface area contributed by atoms with Gasteiger partial charge in [0.1, 0.15) is 13.2 Å². The summed E-state index contributed by atoms with van der Waals surface area (Å²) in [5, 5.41) is 0. The minimum absolute atomic E-state index is 0.845. The van der Waals surface area contributed by atoms with E-state index in [0.29, 0.717) is 0 Å². The molecule has 2 nitrogen and oxygen atoms in total. The zero-order chi connectivity index (χ0) is 11.6. The van der Waals surface area contributed by atoms with Gasteiger partial charge in [-0.1, -0.05) is 19.9 Å². The summed E-state index contributed by atoms with van der Waals surface area (Å²) in [6, 6.07) is 0. The van der Waals surface area contributed by atoms with E-state index in [1.165, 1.54) is 37.0 Å². The van der Waals surface area contributed by atoms with Gasteiger partial charge in [-0.3, -0.25) is 0 Å². The predicted octanol–water partition coefficient (Wildman–Crippen LogP) is 3.19. The lowest BCUT2D eigenvalue weighted by molar-refractivity contribution is -0.926. The van der Waals surface area contributed by atoms with E-state index in [4.69, 9.17) is 4.74 Å². The molecule has 0 N–H and O–H groups in total. The van der Waals surface area contributed by atoms with Crippen LogP contribution in [-0.2, 0) is 4.74 Å². The molecule has 0 heterocycles. The van der Waals surface area contributed by atoms with Crippen molar-refractivity contribution >= 4 is 0 Å². The monoisotopic (exact) mass is 214 g/mol. The third-order valence-electron chi connectivity index (χ3n) is 2.98. The molecule has 0 aromatic rings. The Kier molecular flexibility index (Phi) is 8.49. The van der Waals surface area contributed by atoms with Crippen LogP contribution in [0.5, 0.6) is 0 Å². The molecule has 90 valence electrons. The maximum atomic E-state index is 5.44. The van der Waals surface area contributed by atoms with E-state index in [-0.39, 0.29) is 0 Å². The first kappa shape index (κ1) is 14.5. The highest BCUT2D eigenvalue weighted by Gasteiger charge is 2.22. The summed E-state index contributed by atoms with van der Waals surface area (Å²) in [6.07, 6.45) is 6.26. The molecule has 0 saturated carbocycles. The van der Waals surface area contributed by atoms with Crippen LogP contribution in [0.1, 0.15) is 40.5 Å². The minimum atomic E-state index is 0.845. The molecule has 2 heteroatoms. The quantitative estimate of drug-likeness (QED) is 0.325. The fourth-order valence-electron chi connectivity index (χ4n) is 2.17. The third kappa shape index (κ3) is 5.83. The highest BCUT2D eigenvalue weighted by Crippen LogP contribution is 2.09. The summed E-state index contributed by atoms with van der Waals surface area (Å²) in [7, 11) is 0. The largest absolute Gasteiger partial charge is 0.496 e. The predicted molar refractivity (Wildman–Crippen MR) is 66.8 cm³/mol. The lowest BCUT2D eigenvalue weighted by Crippen LogP contribution is -2.50. The molecule has 0 radical (unpaired) electrons. The van der Waals surface area contributed by atoms with Gasteiger partial charge in [-0.2, -0.15) is 0 Å². The summed E-state index contributed by atoms with van der Waals surface area (Å²) < 4.78 is 6.65. The molecule has 0 bridgehead atoms. The van der Waals surface area contributed by atoms with Gasteiger partial charge in [0.15, 0.2) is 0 Å². The molecule has 0 aliphatic heterocycles. The lowest BCUT2D eigenvalue weighted by Gasteiger charge is -2.37. The first-order chi connectivity index (χ1) is 7.24. The first-order valence-electron chi connectivity index (χ1n) is 6.32. The summed E-state index contributed by atoms with van der Waals surface area (Å²) in [6.45, 7) is 14.6. The van der Waals surface area contributed by atoms with Gasteiger partial charge in [-0.25, -0.2) is 0 Å². The average Bonchev–Trinajstić information content (AvgIpc) is 2.25. The Bertz CT molecular complexity index is 160. The van der Waals surface area contributed by atoms with Crippen LogP contribution in [0.4, 0.5) is 0 Å². The summed E-state index contributed by atoms with van der Waals surface area (Å²) in [5.41, 5.74) is 0. The molecule has 0 aliphatic rings. The van der Waals surface area contributed by atoms with E-state index in [0.717, 1.165) is 13.2 Å². The van der Waals surface area contributed by atoms with Gasteiger partial charge < -0.3 is 9.22 Å². The molecule has 0 fully saturated rings. The number of nitrogens with zero attached hydrogens (tertiary/aromatic N) is 1. The van der Waals surface area contributed by atoms with Crippen molar-refractivity contribution in [3.8, 4) is 0 Å². The SMILES string of the molecule is C/C=C/OCC[N+](CC)(CCC)CCC. The van der Waals surface area contributed by atoms with Crippen LogP contribution in [-0.4, -0.2) is 37.3 Å². The Morgan fingerprint density at radius 3 is 2.00 bits per heavy atom. The Balaban J connectivity index is 4.07. The van der Waals surface area contributed by atoms with Crippen molar-refractivity contribution in [3.63, 3.8) is 0 Å². The normalized spacial score (nSPS) is 12.3. The molecule has 0 rings (SSSR count). The second-order valence-corrected chi connectivity index (χ2v) is 4.17. The highest BCUT2D eigenvalue weighted by molar-refractivity contribution is 4.64.